The van der Waals surface area contributed by atoms with E-state index in [2.05, 4.69) is 14.3 Å². The van der Waals surface area contributed by atoms with E-state index in [9.17, 15) is 13.6 Å². The Morgan fingerprint density at radius 3 is 2.64 bits per heavy atom. The summed E-state index contributed by atoms with van der Waals surface area (Å²) in [6.45, 7) is 2.07. The van der Waals surface area contributed by atoms with Crippen molar-refractivity contribution in [2.75, 3.05) is 31.1 Å². The van der Waals surface area contributed by atoms with Crippen LogP contribution in [0.25, 0.3) is 10.1 Å². The summed E-state index contributed by atoms with van der Waals surface area (Å²) in [5, 5.41) is 1.10. The van der Waals surface area contributed by atoms with Crippen LogP contribution in [-0.4, -0.2) is 46.3 Å². The van der Waals surface area contributed by atoms with Gasteiger partial charge in [-0.05, 0) is 23.7 Å². The Bertz CT molecular complexity index is 937. The molecule has 0 saturated carbocycles. The first-order valence-electron chi connectivity index (χ1n) is 7.83. The van der Waals surface area contributed by atoms with Gasteiger partial charge >= 0.3 is 0 Å². The van der Waals surface area contributed by atoms with Crippen molar-refractivity contribution in [3.8, 4) is 0 Å². The number of anilines is 1. The highest BCUT2D eigenvalue weighted by atomic mass is 32.1. The molecule has 5 nitrogen and oxygen atoms in total. The maximum Gasteiger partial charge on any atom is 0.275 e. The van der Waals surface area contributed by atoms with Crippen molar-refractivity contribution >= 4 is 33.3 Å². The van der Waals surface area contributed by atoms with E-state index < -0.39 is 17.5 Å². The fourth-order valence-corrected chi connectivity index (χ4v) is 3.74. The van der Waals surface area contributed by atoms with E-state index in [4.69, 9.17) is 0 Å². The summed E-state index contributed by atoms with van der Waals surface area (Å²) >= 11 is 1.45. The normalized spacial score (nSPS) is 15.0. The largest absolute Gasteiger partial charge is 0.352 e. The Labute approximate surface area is 146 Å². The molecule has 1 aromatic carbocycles. The van der Waals surface area contributed by atoms with Crippen molar-refractivity contribution in [2.24, 2.45) is 0 Å². The van der Waals surface area contributed by atoms with Gasteiger partial charge in [-0.15, -0.1) is 0 Å². The molecule has 0 radical (unpaired) electrons. The lowest BCUT2D eigenvalue weighted by molar-refractivity contribution is 0.0735. The van der Waals surface area contributed by atoms with Crippen LogP contribution in [0.2, 0.25) is 0 Å². The smallest absolute Gasteiger partial charge is 0.275 e. The summed E-state index contributed by atoms with van der Waals surface area (Å²) in [5.74, 6) is -1.33. The molecule has 1 saturated heterocycles. The number of carbonyl (C=O) groups is 1. The molecule has 1 amide bonds. The van der Waals surface area contributed by atoms with Gasteiger partial charge in [0.15, 0.2) is 11.5 Å². The van der Waals surface area contributed by atoms with Crippen LogP contribution in [0.3, 0.4) is 0 Å². The first-order chi connectivity index (χ1) is 12.1. The summed E-state index contributed by atoms with van der Waals surface area (Å²) < 4.78 is 32.4. The van der Waals surface area contributed by atoms with Crippen molar-refractivity contribution in [1.29, 1.82) is 0 Å². The third kappa shape index (κ3) is 2.93. The molecule has 3 aromatic rings. The molecule has 0 atom stereocenters. The number of carbonyl (C=O) groups excluding carboxylic acids is 1. The molecule has 8 heteroatoms. The summed E-state index contributed by atoms with van der Waals surface area (Å²) in [4.78, 5) is 19.7. The Balaban J connectivity index is 1.49. The maximum atomic E-state index is 13.8. The summed E-state index contributed by atoms with van der Waals surface area (Å²) in [5.41, 5.74) is -0.339. The number of rotatable bonds is 2. The quantitative estimate of drug-likeness (QED) is 0.705. The molecule has 128 valence electrons. The fourth-order valence-electron chi connectivity index (χ4n) is 2.94. The lowest BCUT2D eigenvalue weighted by Gasteiger charge is -2.34. The molecule has 25 heavy (non-hydrogen) atoms. The number of halogens is 2. The lowest BCUT2D eigenvalue weighted by atomic mass is 10.2. The van der Waals surface area contributed by atoms with Crippen LogP contribution in [0.5, 0.6) is 0 Å². The average molecular weight is 360 g/mol. The number of fused-ring (bicyclic) bond motifs is 1. The summed E-state index contributed by atoms with van der Waals surface area (Å²) in [6.07, 6.45) is 0.855. The molecule has 0 bridgehead atoms. The Kier molecular flexibility index (Phi) is 4.04. The van der Waals surface area contributed by atoms with E-state index in [1.807, 2.05) is 24.3 Å². The van der Waals surface area contributed by atoms with Gasteiger partial charge in [0.1, 0.15) is 11.6 Å². The number of piperazine rings is 1. The third-order valence-electron chi connectivity index (χ3n) is 4.24. The zero-order valence-electron chi connectivity index (χ0n) is 13.2. The number of hydrogen-bond donors (Lipinski definition) is 0. The first-order valence-corrected chi connectivity index (χ1v) is 8.60. The van der Waals surface area contributed by atoms with Crippen LogP contribution in [0, 0.1) is 11.6 Å². The minimum absolute atomic E-state index is 0.339. The van der Waals surface area contributed by atoms with Crippen LogP contribution in [0.1, 0.15) is 10.5 Å². The number of pyridine rings is 1. The number of nitrogens with zero attached hydrogens (tertiary/aromatic N) is 4. The topological polar surface area (TPSA) is 49.3 Å². The molecular weight excluding hydrogens is 346 g/mol. The summed E-state index contributed by atoms with van der Waals surface area (Å²) in [6, 6.07) is 8.69. The second-order valence-electron chi connectivity index (χ2n) is 5.77. The number of hydrogen-bond acceptors (Lipinski definition) is 5. The monoisotopic (exact) mass is 360 g/mol. The van der Waals surface area contributed by atoms with Gasteiger partial charge in [-0.3, -0.25) is 4.79 Å². The van der Waals surface area contributed by atoms with Gasteiger partial charge in [-0.1, -0.05) is 12.1 Å². The van der Waals surface area contributed by atoms with Crippen LogP contribution >= 0.6 is 11.5 Å². The molecule has 4 rings (SSSR count). The Hall–Kier alpha value is -2.61. The Morgan fingerprint density at radius 2 is 1.88 bits per heavy atom. The molecule has 0 aliphatic carbocycles. The van der Waals surface area contributed by atoms with Crippen molar-refractivity contribution in [3.05, 3.63) is 53.9 Å². The SMILES string of the molecule is O=C(c1ncc(F)cc1F)N1CCN(c2nsc3ccccc23)CC1. The predicted octanol–water partition coefficient (Wildman–Crippen LogP) is 2.93. The number of benzene rings is 1. The van der Waals surface area contributed by atoms with Crippen molar-refractivity contribution in [2.45, 2.75) is 0 Å². The van der Waals surface area contributed by atoms with E-state index in [1.165, 1.54) is 16.4 Å². The molecule has 1 fully saturated rings. The molecule has 3 heterocycles. The van der Waals surface area contributed by atoms with Gasteiger partial charge in [0, 0.05) is 37.6 Å². The van der Waals surface area contributed by atoms with E-state index in [0.29, 0.717) is 32.2 Å². The lowest BCUT2D eigenvalue weighted by Crippen LogP contribution is -2.49. The van der Waals surface area contributed by atoms with Gasteiger partial charge in [0.25, 0.3) is 5.91 Å². The van der Waals surface area contributed by atoms with Crippen molar-refractivity contribution in [3.63, 3.8) is 0 Å². The van der Waals surface area contributed by atoms with Gasteiger partial charge in [0.2, 0.25) is 0 Å². The first kappa shape index (κ1) is 15.9. The van der Waals surface area contributed by atoms with E-state index in [0.717, 1.165) is 22.1 Å². The van der Waals surface area contributed by atoms with E-state index in [-0.39, 0.29) is 5.69 Å². The van der Waals surface area contributed by atoms with Crippen LogP contribution in [-0.2, 0) is 0 Å². The standard InChI is InChI=1S/C17H14F2N4OS/c18-11-9-13(19)15(20-10-11)17(24)23-7-5-22(6-8-23)16-12-3-1-2-4-14(12)25-21-16/h1-4,9-10H,5-8H2. The fraction of sp³-hybridized carbons (Fsp3) is 0.235. The molecule has 0 spiro atoms. The van der Waals surface area contributed by atoms with Gasteiger partial charge in [-0.2, -0.15) is 4.37 Å². The second-order valence-corrected chi connectivity index (χ2v) is 6.57. The zero-order chi connectivity index (χ0) is 17.4. The van der Waals surface area contributed by atoms with Gasteiger partial charge in [-0.25, -0.2) is 13.8 Å². The highest BCUT2D eigenvalue weighted by molar-refractivity contribution is 7.13. The van der Waals surface area contributed by atoms with E-state index in [1.54, 1.807) is 0 Å². The molecule has 0 unspecified atom stereocenters. The minimum atomic E-state index is -0.932. The molecular formula is C17H14F2N4OS. The molecule has 0 N–H and O–H groups in total. The van der Waals surface area contributed by atoms with Crippen molar-refractivity contribution < 1.29 is 13.6 Å². The Morgan fingerprint density at radius 1 is 1.12 bits per heavy atom. The second kappa shape index (κ2) is 6.36. The highest BCUT2D eigenvalue weighted by Gasteiger charge is 2.26. The average Bonchev–Trinajstić information content (AvgIpc) is 3.05. The molecule has 1 aliphatic heterocycles. The maximum absolute atomic E-state index is 13.8. The summed E-state index contributed by atoms with van der Waals surface area (Å²) in [7, 11) is 0. The number of aromatic nitrogens is 2. The zero-order valence-corrected chi connectivity index (χ0v) is 14.0. The third-order valence-corrected chi connectivity index (χ3v) is 5.05. The van der Waals surface area contributed by atoms with E-state index >= 15 is 0 Å². The molecule has 2 aromatic heterocycles. The minimum Gasteiger partial charge on any atom is -0.352 e. The van der Waals surface area contributed by atoms with Gasteiger partial charge < -0.3 is 9.80 Å². The van der Waals surface area contributed by atoms with Crippen LogP contribution in [0.4, 0.5) is 14.6 Å². The number of amides is 1. The van der Waals surface area contributed by atoms with Crippen LogP contribution < -0.4 is 4.90 Å². The molecule has 1 aliphatic rings. The predicted molar refractivity (Wildman–Crippen MR) is 91.9 cm³/mol. The highest BCUT2D eigenvalue weighted by Crippen LogP contribution is 2.29. The van der Waals surface area contributed by atoms with Crippen LogP contribution in [0.15, 0.2) is 36.5 Å². The van der Waals surface area contributed by atoms with Crippen molar-refractivity contribution in [1.82, 2.24) is 14.3 Å². The van der Waals surface area contributed by atoms with Gasteiger partial charge in [0.05, 0.1) is 10.9 Å².